The highest BCUT2D eigenvalue weighted by molar-refractivity contribution is 5.75. The second kappa shape index (κ2) is 7.63. The maximum absolute atomic E-state index is 10.8. The molecule has 13 heavy (non-hydrogen) atoms. The van der Waals surface area contributed by atoms with Gasteiger partial charge in [-0.3, -0.25) is 4.79 Å². The summed E-state index contributed by atoms with van der Waals surface area (Å²) in [6.45, 7) is 2.84. The lowest BCUT2D eigenvalue weighted by Gasteiger charge is -2.09. The molecule has 74 valence electrons. The van der Waals surface area contributed by atoms with Crippen molar-refractivity contribution in [1.82, 2.24) is 10.6 Å². The Labute approximate surface area is 80.3 Å². The van der Waals surface area contributed by atoms with Crippen LogP contribution in [0.2, 0.25) is 0 Å². The third-order valence-corrected chi connectivity index (χ3v) is 1.86. The van der Waals surface area contributed by atoms with Crippen molar-refractivity contribution >= 4 is 5.91 Å². The van der Waals surface area contributed by atoms with Gasteiger partial charge in [-0.05, 0) is 19.4 Å². The molecule has 0 aliphatic carbocycles. The van der Waals surface area contributed by atoms with Gasteiger partial charge in [0.05, 0.1) is 6.04 Å². The molecule has 0 heterocycles. The molecule has 3 nitrogen and oxygen atoms in total. The molecule has 0 aromatic rings. The van der Waals surface area contributed by atoms with E-state index in [0.717, 1.165) is 19.4 Å². The van der Waals surface area contributed by atoms with Gasteiger partial charge in [0, 0.05) is 13.5 Å². The summed E-state index contributed by atoms with van der Waals surface area (Å²) in [5.41, 5.74) is 0. The number of hydrogen-bond acceptors (Lipinski definition) is 2. The average Bonchev–Trinajstić information content (AvgIpc) is 2.18. The summed E-state index contributed by atoms with van der Waals surface area (Å²) in [4.78, 5) is 10.8. The molecule has 2 N–H and O–H groups in total. The number of carbonyl (C=O) groups is 1. The maximum Gasteiger partial charge on any atom is 0.219 e. The van der Waals surface area contributed by atoms with Gasteiger partial charge < -0.3 is 10.6 Å². The highest BCUT2D eigenvalue weighted by Gasteiger charge is 2.00. The molecule has 1 atom stereocenters. The zero-order chi connectivity index (χ0) is 10.1. The molecule has 0 rings (SSSR count). The van der Waals surface area contributed by atoms with Crippen molar-refractivity contribution in [3.63, 3.8) is 0 Å². The summed E-state index contributed by atoms with van der Waals surface area (Å²) in [6, 6.07) is 0.143. The van der Waals surface area contributed by atoms with Gasteiger partial charge in [-0.1, -0.05) is 12.8 Å². The maximum atomic E-state index is 10.8. The number of hydrogen-bond donors (Lipinski definition) is 2. The highest BCUT2D eigenvalue weighted by Crippen LogP contribution is 1.91. The lowest BCUT2D eigenvalue weighted by molar-refractivity contribution is -0.120. The van der Waals surface area contributed by atoms with Gasteiger partial charge in [0.15, 0.2) is 0 Å². The van der Waals surface area contributed by atoms with Crippen LogP contribution >= 0.6 is 0 Å². The van der Waals surface area contributed by atoms with Gasteiger partial charge in [-0.15, -0.1) is 6.42 Å². The Morgan fingerprint density at radius 3 is 2.77 bits per heavy atom. The molecular weight excluding hydrogens is 164 g/mol. The smallest absolute Gasteiger partial charge is 0.219 e. The Morgan fingerprint density at radius 2 is 2.31 bits per heavy atom. The molecule has 0 fully saturated rings. The number of amides is 1. The van der Waals surface area contributed by atoms with Crippen molar-refractivity contribution in [3.8, 4) is 12.3 Å². The number of rotatable bonds is 6. The fourth-order valence-corrected chi connectivity index (χ4v) is 0.971. The van der Waals surface area contributed by atoms with Crippen molar-refractivity contribution in [3.05, 3.63) is 0 Å². The largest absolute Gasteiger partial charge is 0.359 e. The first kappa shape index (κ1) is 12.0. The van der Waals surface area contributed by atoms with E-state index in [0.29, 0.717) is 6.42 Å². The first-order valence-electron chi connectivity index (χ1n) is 4.64. The normalized spacial score (nSPS) is 11.8. The Balaban J connectivity index is 3.35. The first-order valence-corrected chi connectivity index (χ1v) is 4.64. The molecule has 3 heteroatoms. The van der Waals surface area contributed by atoms with Gasteiger partial charge in [0.2, 0.25) is 5.91 Å². The van der Waals surface area contributed by atoms with E-state index < -0.39 is 0 Å². The molecule has 0 aliphatic heterocycles. The van der Waals surface area contributed by atoms with E-state index in [1.165, 1.54) is 0 Å². The molecule has 0 aliphatic rings. The number of carbonyl (C=O) groups excluding carboxylic acids is 1. The van der Waals surface area contributed by atoms with E-state index >= 15 is 0 Å². The van der Waals surface area contributed by atoms with Crippen LogP contribution in [-0.4, -0.2) is 25.5 Å². The van der Waals surface area contributed by atoms with Crippen molar-refractivity contribution in [2.45, 2.75) is 32.2 Å². The third kappa shape index (κ3) is 6.18. The number of nitrogens with one attached hydrogen (secondary N) is 2. The van der Waals surface area contributed by atoms with Crippen LogP contribution in [0.15, 0.2) is 0 Å². The van der Waals surface area contributed by atoms with E-state index in [-0.39, 0.29) is 11.9 Å². The zero-order valence-corrected chi connectivity index (χ0v) is 8.39. The van der Waals surface area contributed by atoms with Crippen LogP contribution in [0.1, 0.15) is 26.2 Å². The molecule has 0 aromatic carbocycles. The second-order valence-electron chi connectivity index (χ2n) is 2.86. The van der Waals surface area contributed by atoms with Gasteiger partial charge in [-0.25, -0.2) is 0 Å². The minimum Gasteiger partial charge on any atom is -0.359 e. The standard InChI is InChI=1S/C10H18N2O/c1-4-9(5-2)12-8-6-7-10(13)11-3/h1,9,12H,5-8H2,2-3H3,(H,11,13). The zero-order valence-electron chi connectivity index (χ0n) is 8.39. The van der Waals surface area contributed by atoms with Crippen LogP contribution in [0.25, 0.3) is 0 Å². The fraction of sp³-hybridized carbons (Fsp3) is 0.700. The van der Waals surface area contributed by atoms with Gasteiger partial charge in [-0.2, -0.15) is 0 Å². The molecule has 0 radical (unpaired) electrons. The van der Waals surface area contributed by atoms with Crippen LogP contribution < -0.4 is 10.6 Å². The van der Waals surface area contributed by atoms with Crippen molar-refractivity contribution in [2.75, 3.05) is 13.6 Å². The van der Waals surface area contributed by atoms with Crippen molar-refractivity contribution in [2.24, 2.45) is 0 Å². The van der Waals surface area contributed by atoms with Crippen LogP contribution in [0.5, 0.6) is 0 Å². The summed E-state index contributed by atoms with van der Waals surface area (Å²) in [7, 11) is 1.64. The monoisotopic (exact) mass is 182 g/mol. The van der Waals surface area contributed by atoms with Crippen LogP contribution in [0.3, 0.4) is 0 Å². The summed E-state index contributed by atoms with van der Waals surface area (Å²) in [5.74, 6) is 2.72. The third-order valence-electron chi connectivity index (χ3n) is 1.86. The van der Waals surface area contributed by atoms with Crippen LogP contribution in [0, 0.1) is 12.3 Å². The number of terminal acetylenes is 1. The Kier molecular flexibility index (Phi) is 7.04. The quantitative estimate of drug-likeness (QED) is 0.464. The van der Waals surface area contributed by atoms with Gasteiger partial charge in [0.1, 0.15) is 0 Å². The van der Waals surface area contributed by atoms with Crippen LogP contribution in [-0.2, 0) is 4.79 Å². The minimum atomic E-state index is 0.0792. The summed E-state index contributed by atoms with van der Waals surface area (Å²) in [5, 5.41) is 5.76. The molecule has 1 amide bonds. The van der Waals surface area contributed by atoms with E-state index in [1.807, 2.05) is 6.92 Å². The molecule has 0 aromatic heterocycles. The summed E-state index contributed by atoms with van der Waals surface area (Å²) >= 11 is 0. The lowest BCUT2D eigenvalue weighted by Crippen LogP contribution is -2.28. The summed E-state index contributed by atoms with van der Waals surface area (Å²) in [6.07, 6.45) is 7.58. The lowest BCUT2D eigenvalue weighted by atomic mass is 10.2. The summed E-state index contributed by atoms with van der Waals surface area (Å²) < 4.78 is 0. The van der Waals surface area contributed by atoms with Crippen LogP contribution in [0.4, 0.5) is 0 Å². The fourth-order valence-electron chi connectivity index (χ4n) is 0.971. The Bertz CT molecular complexity index is 184. The average molecular weight is 182 g/mol. The Morgan fingerprint density at radius 1 is 1.62 bits per heavy atom. The van der Waals surface area contributed by atoms with Crippen molar-refractivity contribution < 1.29 is 4.79 Å². The minimum absolute atomic E-state index is 0.0792. The van der Waals surface area contributed by atoms with Crippen molar-refractivity contribution in [1.29, 1.82) is 0 Å². The van der Waals surface area contributed by atoms with Gasteiger partial charge >= 0.3 is 0 Å². The molecule has 1 unspecified atom stereocenters. The predicted octanol–water partition coefficient (Wildman–Crippen LogP) is 0.514. The molecule has 0 saturated carbocycles. The molecular formula is C10H18N2O. The molecule has 0 bridgehead atoms. The van der Waals surface area contributed by atoms with E-state index in [2.05, 4.69) is 16.6 Å². The van der Waals surface area contributed by atoms with E-state index in [4.69, 9.17) is 6.42 Å². The Hall–Kier alpha value is -1.01. The van der Waals surface area contributed by atoms with E-state index in [1.54, 1.807) is 7.05 Å². The SMILES string of the molecule is C#CC(CC)NCCCC(=O)NC. The second-order valence-corrected chi connectivity index (χ2v) is 2.86. The predicted molar refractivity (Wildman–Crippen MR) is 54.2 cm³/mol. The highest BCUT2D eigenvalue weighted by atomic mass is 16.1. The molecule has 0 spiro atoms. The molecule has 0 saturated heterocycles. The van der Waals surface area contributed by atoms with E-state index in [9.17, 15) is 4.79 Å². The van der Waals surface area contributed by atoms with Gasteiger partial charge in [0.25, 0.3) is 0 Å². The topological polar surface area (TPSA) is 41.1 Å². The first-order chi connectivity index (χ1) is 6.24.